The van der Waals surface area contributed by atoms with Crippen LogP contribution >= 0.6 is 11.3 Å². The van der Waals surface area contributed by atoms with E-state index in [2.05, 4.69) is 20.8 Å². The van der Waals surface area contributed by atoms with Crippen LogP contribution in [0.3, 0.4) is 0 Å². The van der Waals surface area contributed by atoms with Gasteiger partial charge in [-0.1, -0.05) is 41.5 Å². The van der Waals surface area contributed by atoms with Crippen molar-refractivity contribution in [1.29, 1.82) is 0 Å². The highest BCUT2D eigenvalue weighted by atomic mass is 32.1. The summed E-state index contributed by atoms with van der Waals surface area (Å²) in [7, 11) is 1.26. The largest absolute Gasteiger partial charge is 0.464 e. The van der Waals surface area contributed by atoms with Crippen LogP contribution in [0.15, 0.2) is 59.1 Å². The Morgan fingerprint density at radius 2 is 2.00 bits per heavy atom. The Morgan fingerprint density at radius 1 is 1.19 bits per heavy atom. The Hall–Kier alpha value is -3.33. The summed E-state index contributed by atoms with van der Waals surface area (Å²) in [6.07, 6.45) is 0. The van der Waals surface area contributed by atoms with Crippen LogP contribution in [0, 0.1) is 0 Å². The van der Waals surface area contributed by atoms with Gasteiger partial charge in [0.25, 0.3) is 0 Å². The number of fused-ring (bicyclic) bond motifs is 1. The summed E-state index contributed by atoms with van der Waals surface area (Å²) < 4.78 is 6.37. The molecular weight excluding hydrogens is 354 g/mol. The lowest BCUT2D eigenvalue weighted by Crippen LogP contribution is -2.32. The minimum absolute atomic E-state index is 0.0436. The lowest BCUT2D eigenvalue weighted by molar-refractivity contribution is -0.136. The summed E-state index contributed by atoms with van der Waals surface area (Å²) in [6.45, 7) is 0. The molecule has 2 aromatic heterocycles. The second-order valence-corrected chi connectivity index (χ2v) is 6.44. The molecule has 9 heteroatoms. The minimum Gasteiger partial charge on any atom is -0.464 e. The number of tetrazole rings is 1. The van der Waals surface area contributed by atoms with Gasteiger partial charge in [-0.2, -0.15) is 4.68 Å². The summed E-state index contributed by atoms with van der Waals surface area (Å²) >= 11 is 1.45. The van der Waals surface area contributed by atoms with Crippen molar-refractivity contribution in [2.75, 3.05) is 12.4 Å². The van der Waals surface area contributed by atoms with Gasteiger partial charge in [0.2, 0.25) is 5.95 Å². The summed E-state index contributed by atoms with van der Waals surface area (Å²) in [5, 5.41) is 16.3. The number of ether oxygens (including phenoxy) is 1. The number of carbonyl (C=O) groups excluding carboxylic acids is 2. The van der Waals surface area contributed by atoms with E-state index >= 15 is 0 Å². The second kappa shape index (κ2) is 6.52. The standard InChI is InChI=1S/C17H13N5O3S/c1-25-16(24)13-12(15(23)10-6-3-2-4-7-10)14(11-8-5-9-26-11)22-17(18-13)19-20-21-22/h2-9,14H,1H3,(H,18,19,21)/t14-/m1/s1. The van der Waals surface area contributed by atoms with Crippen molar-refractivity contribution in [2.45, 2.75) is 6.04 Å². The number of ketones is 1. The maximum Gasteiger partial charge on any atom is 0.355 e. The first-order valence-electron chi connectivity index (χ1n) is 7.71. The number of methoxy groups -OCH3 is 1. The number of hydrogen-bond donors (Lipinski definition) is 1. The van der Waals surface area contributed by atoms with E-state index in [1.807, 2.05) is 23.6 Å². The molecule has 0 fully saturated rings. The van der Waals surface area contributed by atoms with Crippen LogP contribution in [0.5, 0.6) is 0 Å². The van der Waals surface area contributed by atoms with Crippen molar-refractivity contribution in [3.63, 3.8) is 0 Å². The van der Waals surface area contributed by atoms with Gasteiger partial charge in [-0.3, -0.25) is 4.79 Å². The van der Waals surface area contributed by atoms with Gasteiger partial charge in [0.15, 0.2) is 5.78 Å². The van der Waals surface area contributed by atoms with Gasteiger partial charge in [-0.15, -0.1) is 11.3 Å². The molecule has 1 aliphatic heterocycles. The number of Topliss-reactive ketones (excluding diaryl/α,β-unsaturated/α-hetero) is 1. The van der Waals surface area contributed by atoms with Crippen molar-refractivity contribution < 1.29 is 14.3 Å². The van der Waals surface area contributed by atoms with Crippen molar-refractivity contribution >= 4 is 29.0 Å². The molecule has 0 radical (unpaired) electrons. The fraction of sp³-hybridized carbons (Fsp3) is 0.118. The number of rotatable bonds is 4. The topological polar surface area (TPSA) is 99.0 Å². The van der Waals surface area contributed by atoms with E-state index in [-0.39, 0.29) is 23.0 Å². The van der Waals surface area contributed by atoms with E-state index in [4.69, 9.17) is 4.74 Å². The van der Waals surface area contributed by atoms with Gasteiger partial charge in [-0.25, -0.2) is 4.79 Å². The van der Waals surface area contributed by atoms with Gasteiger partial charge in [0.1, 0.15) is 11.7 Å². The second-order valence-electron chi connectivity index (χ2n) is 5.47. The van der Waals surface area contributed by atoms with Crippen LogP contribution < -0.4 is 5.32 Å². The van der Waals surface area contributed by atoms with E-state index in [0.717, 1.165) is 4.88 Å². The smallest absolute Gasteiger partial charge is 0.355 e. The fourth-order valence-electron chi connectivity index (χ4n) is 2.84. The highest BCUT2D eigenvalue weighted by Gasteiger charge is 2.38. The maximum atomic E-state index is 13.3. The van der Waals surface area contributed by atoms with Crippen LogP contribution in [0.2, 0.25) is 0 Å². The molecule has 8 nitrogen and oxygen atoms in total. The van der Waals surface area contributed by atoms with Gasteiger partial charge >= 0.3 is 5.97 Å². The molecule has 1 atom stereocenters. The first-order valence-corrected chi connectivity index (χ1v) is 8.59. The Balaban J connectivity index is 1.95. The van der Waals surface area contributed by atoms with E-state index in [1.165, 1.54) is 23.1 Å². The number of anilines is 1. The quantitative estimate of drug-likeness (QED) is 0.556. The Labute approximate surface area is 152 Å². The first-order chi connectivity index (χ1) is 12.7. The predicted octanol–water partition coefficient (Wildman–Crippen LogP) is 2.06. The van der Waals surface area contributed by atoms with E-state index < -0.39 is 12.0 Å². The predicted molar refractivity (Wildman–Crippen MR) is 93.7 cm³/mol. The van der Waals surface area contributed by atoms with Gasteiger partial charge in [0.05, 0.1) is 12.7 Å². The maximum absolute atomic E-state index is 13.3. The molecule has 0 amide bonds. The number of thiophene rings is 1. The molecule has 0 saturated carbocycles. The zero-order chi connectivity index (χ0) is 18.1. The average Bonchev–Trinajstić information content (AvgIpc) is 3.37. The van der Waals surface area contributed by atoms with Gasteiger partial charge < -0.3 is 10.1 Å². The molecule has 4 rings (SSSR count). The Kier molecular flexibility index (Phi) is 4.05. The molecule has 130 valence electrons. The molecular formula is C17H13N5O3S. The number of nitrogens with one attached hydrogen (secondary N) is 1. The number of esters is 1. The number of hydrogen-bond acceptors (Lipinski definition) is 8. The molecule has 0 bridgehead atoms. The van der Waals surface area contributed by atoms with Crippen LogP contribution in [0.1, 0.15) is 21.3 Å². The van der Waals surface area contributed by atoms with Crippen LogP contribution in [-0.4, -0.2) is 39.1 Å². The summed E-state index contributed by atoms with van der Waals surface area (Å²) in [6, 6.07) is 11.9. The molecule has 3 aromatic rings. The number of allylic oxidation sites excluding steroid dienone is 1. The zero-order valence-corrected chi connectivity index (χ0v) is 14.4. The molecule has 26 heavy (non-hydrogen) atoms. The van der Waals surface area contributed by atoms with E-state index in [0.29, 0.717) is 5.56 Å². The first kappa shape index (κ1) is 16.2. The molecule has 0 aliphatic carbocycles. The summed E-state index contributed by atoms with van der Waals surface area (Å²) in [5.74, 6) is -0.674. The van der Waals surface area contributed by atoms with Crippen LogP contribution in [0.25, 0.3) is 0 Å². The average molecular weight is 367 g/mol. The molecule has 0 saturated heterocycles. The highest BCUT2D eigenvalue weighted by Crippen LogP contribution is 2.38. The van der Waals surface area contributed by atoms with Crippen molar-refractivity contribution in [2.24, 2.45) is 0 Å². The van der Waals surface area contributed by atoms with Crippen LogP contribution in [-0.2, 0) is 9.53 Å². The van der Waals surface area contributed by atoms with Crippen molar-refractivity contribution in [3.8, 4) is 0 Å². The lowest BCUT2D eigenvalue weighted by atomic mass is 9.93. The minimum atomic E-state index is -0.653. The lowest BCUT2D eigenvalue weighted by Gasteiger charge is -2.27. The Morgan fingerprint density at radius 3 is 2.69 bits per heavy atom. The van der Waals surface area contributed by atoms with Gasteiger partial charge in [-0.05, 0) is 21.9 Å². The van der Waals surface area contributed by atoms with E-state index in [1.54, 1.807) is 24.3 Å². The van der Waals surface area contributed by atoms with Crippen molar-refractivity contribution in [1.82, 2.24) is 20.2 Å². The molecule has 1 N–H and O–H groups in total. The molecule has 0 spiro atoms. The molecule has 0 unspecified atom stereocenters. The third-order valence-electron chi connectivity index (χ3n) is 4.00. The monoisotopic (exact) mass is 367 g/mol. The third kappa shape index (κ3) is 2.58. The van der Waals surface area contributed by atoms with E-state index in [9.17, 15) is 9.59 Å². The number of nitrogens with zero attached hydrogens (tertiary/aromatic N) is 4. The third-order valence-corrected chi connectivity index (χ3v) is 4.92. The molecule has 1 aromatic carbocycles. The molecule has 3 heterocycles. The number of benzene rings is 1. The zero-order valence-electron chi connectivity index (χ0n) is 13.6. The highest BCUT2D eigenvalue weighted by molar-refractivity contribution is 7.10. The van der Waals surface area contributed by atoms with Gasteiger partial charge in [0, 0.05) is 10.4 Å². The molecule has 1 aliphatic rings. The normalized spacial score (nSPS) is 16.0. The SMILES string of the molecule is COC(=O)C1=C(C(=O)c2ccccc2)[C@@H](c2cccs2)n2nnnc2N1. The van der Waals surface area contributed by atoms with Crippen molar-refractivity contribution in [3.05, 3.63) is 69.6 Å². The number of aromatic nitrogens is 4. The van der Waals surface area contributed by atoms with Crippen LogP contribution in [0.4, 0.5) is 5.95 Å². The number of carbonyl (C=O) groups is 2. The fourth-order valence-corrected chi connectivity index (χ4v) is 3.66. The summed E-state index contributed by atoms with van der Waals surface area (Å²) in [4.78, 5) is 26.5. The Bertz CT molecular complexity index is 995. The summed E-state index contributed by atoms with van der Waals surface area (Å²) in [5.41, 5.74) is 0.746.